The molecule has 0 radical (unpaired) electrons. The van der Waals surface area contributed by atoms with Crippen LogP contribution in [0.1, 0.15) is 37.1 Å². The van der Waals surface area contributed by atoms with E-state index < -0.39 is 0 Å². The summed E-state index contributed by atoms with van der Waals surface area (Å²) >= 11 is 1.35. The summed E-state index contributed by atoms with van der Waals surface area (Å²) in [5.74, 6) is -0.275. The first kappa shape index (κ1) is 18.8. The molecule has 1 aliphatic rings. The van der Waals surface area contributed by atoms with Crippen molar-refractivity contribution in [2.24, 2.45) is 0 Å². The van der Waals surface area contributed by atoms with Crippen molar-refractivity contribution in [3.8, 4) is 0 Å². The second kappa shape index (κ2) is 9.70. The Balaban J connectivity index is 0.00000242. The van der Waals surface area contributed by atoms with Crippen molar-refractivity contribution >= 4 is 40.8 Å². The van der Waals surface area contributed by atoms with Crippen molar-refractivity contribution in [2.45, 2.75) is 44.6 Å². The minimum Gasteiger partial charge on any atom is -0.469 e. The molecule has 1 fully saturated rings. The van der Waals surface area contributed by atoms with E-state index in [2.05, 4.69) is 25.6 Å². The van der Waals surface area contributed by atoms with E-state index in [9.17, 15) is 9.59 Å². The van der Waals surface area contributed by atoms with Gasteiger partial charge in [0, 0.05) is 12.8 Å². The Labute approximate surface area is 139 Å². The highest BCUT2D eigenvalue weighted by atomic mass is 35.5. The van der Waals surface area contributed by atoms with Crippen molar-refractivity contribution in [3.63, 3.8) is 0 Å². The summed E-state index contributed by atoms with van der Waals surface area (Å²) < 4.78 is 4.58. The Morgan fingerprint density at radius 2 is 2.23 bits per heavy atom. The SMILES string of the molecule is COC(=O)CCCc1nnc(NC(=O)C2CCCCN2)s1.Cl. The first-order valence-electron chi connectivity index (χ1n) is 7.12. The predicted molar refractivity (Wildman–Crippen MR) is 86.4 cm³/mol. The number of esters is 1. The van der Waals surface area contributed by atoms with Crippen molar-refractivity contribution < 1.29 is 14.3 Å². The molecule has 7 nitrogen and oxygen atoms in total. The lowest BCUT2D eigenvalue weighted by atomic mass is 10.0. The summed E-state index contributed by atoms with van der Waals surface area (Å²) in [5, 5.41) is 15.3. The lowest BCUT2D eigenvalue weighted by Crippen LogP contribution is -2.43. The monoisotopic (exact) mass is 348 g/mol. The Morgan fingerprint density at radius 1 is 1.41 bits per heavy atom. The largest absolute Gasteiger partial charge is 0.469 e. The van der Waals surface area contributed by atoms with Gasteiger partial charge in [0.2, 0.25) is 11.0 Å². The highest BCUT2D eigenvalue weighted by Gasteiger charge is 2.21. The summed E-state index contributed by atoms with van der Waals surface area (Å²) in [6.45, 7) is 0.882. The normalized spacial score (nSPS) is 17.4. The number of nitrogens with zero attached hydrogens (tertiary/aromatic N) is 2. The molecule has 9 heteroatoms. The molecule has 0 aliphatic carbocycles. The number of rotatable bonds is 6. The number of piperidine rings is 1. The number of nitrogens with one attached hydrogen (secondary N) is 2. The Kier molecular flexibility index (Phi) is 8.29. The van der Waals surface area contributed by atoms with E-state index >= 15 is 0 Å². The number of carbonyl (C=O) groups excluding carboxylic acids is 2. The average molecular weight is 349 g/mol. The molecule has 0 spiro atoms. The number of carbonyl (C=O) groups is 2. The van der Waals surface area contributed by atoms with Gasteiger partial charge in [0.15, 0.2) is 0 Å². The van der Waals surface area contributed by atoms with E-state index in [0.717, 1.165) is 30.8 Å². The van der Waals surface area contributed by atoms with Crippen LogP contribution in [0.5, 0.6) is 0 Å². The summed E-state index contributed by atoms with van der Waals surface area (Å²) in [6.07, 6.45) is 4.73. The van der Waals surface area contributed by atoms with Gasteiger partial charge in [-0.15, -0.1) is 22.6 Å². The van der Waals surface area contributed by atoms with Crippen molar-refractivity contribution in [3.05, 3.63) is 5.01 Å². The number of methoxy groups -OCH3 is 1. The van der Waals surface area contributed by atoms with Crippen LogP contribution in [0.4, 0.5) is 5.13 Å². The highest BCUT2D eigenvalue weighted by molar-refractivity contribution is 7.15. The number of ether oxygens (including phenoxy) is 1. The standard InChI is InChI=1S/C13H20N4O3S.ClH/c1-20-11(18)7-4-6-10-16-17-13(21-10)15-12(19)9-5-2-3-8-14-9;/h9,14H,2-8H2,1H3,(H,15,17,19);1H. The van der Waals surface area contributed by atoms with Crippen LogP contribution in [-0.2, 0) is 20.7 Å². The fraction of sp³-hybridized carbons (Fsp3) is 0.692. The van der Waals surface area contributed by atoms with Gasteiger partial charge in [-0.05, 0) is 25.8 Å². The maximum absolute atomic E-state index is 12.0. The third kappa shape index (κ3) is 5.86. The maximum Gasteiger partial charge on any atom is 0.305 e. The second-order valence-corrected chi connectivity index (χ2v) is 5.98. The van der Waals surface area contributed by atoms with Crippen LogP contribution >= 0.6 is 23.7 Å². The zero-order valence-corrected chi connectivity index (χ0v) is 14.1. The number of anilines is 1. The number of hydrogen-bond acceptors (Lipinski definition) is 7. The van der Waals surface area contributed by atoms with Crippen LogP contribution in [0.3, 0.4) is 0 Å². The lowest BCUT2D eigenvalue weighted by molar-refractivity contribution is -0.140. The van der Waals surface area contributed by atoms with Crippen molar-refractivity contribution in [2.75, 3.05) is 19.0 Å². The zero-order valence-electron chi connectivity index (χ0n) is 12.5. The van der Waals surface area contributed by atoms with E-state index in [0.29, 0.717) is 24.4 Å². The van der Waals surface area contributed by atoms with Crippen LogP contribution in [0, 0.1) is 0 Å². The molecular formula is C13H21ClN4O3S. The molecule has 124 valence electrons. The van der Waals surface area contributed by atoms with Crippen LogP contribution in [0.2, 0.25) is 0 Å². The molecule has 1 saturated heterocycles. The highest BCUT2D eigenvalue weighted by Crippen LogP contribution is 2.18. The Hall–Kier alpha value is -1.25. The molecule has 2 rings (SSSR count). The number of hydrogen-bond donors (Lipinski definition) is 2. The third-order valence-electron chi connectivity index (χ3n) is 3.32. The number of halogens is 1. The molecule has 1 aliphatic heterocycles. The topological polar surface area (TPSA) is 93.2 Å². The van der Waals surface area contributed by atoms with E-state index in [4.69, 9.17) is 0 Å². The van der Waals surface area contributed by atoms with Crippen LogP contribution < -0.4 is 10.6 Å². The first-order valence-corrected chi connectivity index (χ1v) is 7.94. The van der Waals surface area contributed by atoms with Gasteiger partial charge in [0.05, 0.1) is 13.2 Å². The van der Waals surface area contributed by atoms with E-state index in [1.165, 1.54) is 18.4 Å². The van der Waals surface area contributed by atoms with Crippen LogP contribution in [-0.4, -0.2) is 41.8 Å². The molecule has 1 unspecified atom stereocenters. The number of amides is 1. The molecule has 1 atom stereocenters. The Bertz CT molecular complexity index is 491. The summed E-state index contributed by atoms with van der Waals surface area (Å²) in [6, 6.07) is -0.134. The smallest absolute Gasteiger partial charge is 0.305 e. The van der Waals surface area contributed by atoms with Gasteiger partial charge in [0.1, 0.15) is 5.01 Å². The summed E-state index contributed by atoms with van der Waals surface area (Å²) in [5.41, 5.74) is 0. The quantitative estimate of drug-likeness (QED) is 0.757. The molecule has 2 heterocycles. The minimum absolute atomic E-state index is 0. The molecule has 1 amide bonds. The van der Waals surface area contributed by atoms with Gasteiger partial charge < -0.3 is 10.1 Å². The van der Waals surface area contributed by atoms with Gasteiger partial charge >= 0.3 is 5.97 Å². The number of aryl methyl sites for hydroxylation is 1. The molecular weight excluding hydrogens is 328 g/mol. The van der Waals surface area contributed by atoms with Gasteiger partial charge in [-0.3, -0.25) is 14.9 Å². The molecule has 1 aromatic rings. The molecule has 2 N–H and O–H groups in total. The molecule has 1 aromatic heterocycles. The van der Waals surface area contributed by atoms with Gasteiger partial charge in [0.25, 0.3) is 0 Å². The molecule has 22 heavy (non-hydrogen) atoms. The number of aromatic nitrogens is 2. The molecule has 0 saturated carbocycles. The predicted octanol–water partition coefficient (Wildman–Crippen LogP) is 1.54. The minimum atomic E-state index is -0.226. The zero-order chi connectivity index (χ0) is 15.1. The van der Waals surface area contributed by atoms with Gasteiger partial charge in [-0.2, -0.15) is 0 Å². The van der Waals surface area contributed by atoms with Gasteiger partial charge in [-0.25, -0.2) is 0 Å². The van der Waals surface area contributed by atoms with E-state index in [-0.39, 0.29) is 30.3 Å². The van der Waals surface area contributed by atoms with E-state index in [1.807, 2.05) is 0 Å². The first-order chi connectivity index (χ1) is 10.2. The van der Waals surface area contributed by atoms with Crippen molar-refractivity contribution in [1.29, 1.82) is 0 Å². The van der Waals surface area contributed by atoms with Gasteiger partial charge in [-0.1, -0.05) is 17.8 Å². The fourth-order valence-electron chi connectivity index (χ4n) is 2.16. The fourth-order valence-corrected chi connectivity index (χ4v) is 2.94. The second-order valence-electron chi connectivity index (χ2n) is 4.92. The van der Waals surface area contributed by atoms with E-state index in [1.54, 1.807) is 0 Å². The third-order valence-corrected chi connectivity index (χ3v) is 4.22. The Morgan fingerprint density at radius 3 is 2.91 bits per heavy atom. The van der Waals surface area contributed by atoms with Crippen LogP contribution in [0.15, 0.2) is 0 Å². The van der Waals surface area contributed by atoms with Crippen molar-refractivity contribution in [1.82, 2.24) is 15.5 Å². The maximum atomic E-state index is 12.0. The summed E-state index contributed by atoms with van der Waals surface area (Å²) in [7, 11) is 1.38. The van der Waals surface area contributed by atoms with Crippen LogP contribution in [0.25, 0.3) is 0 Å². The molecule has 0 aromatic carbocycles. The average Bonchev–Trinajstić information content (AvgIpc) is 2.95. The summed E-state index contributed by atoms with van der Waals surface area (Å²) in [4.78, 5) is 23.0. The molecule has 0 bridgehead atoms. The lowest BCUT2D eigenvalue weighted by Gasteiger charge is -2.21.